The summed E-state index contributed by atoms with van der Waals surface area (Å²) in [7, 11) is 1.86. The molecule has 0 saturated carbocycles. The molecule has 12 nitrogen and oxygen atoms in total. The first-order valence-electron chi connectivity index (χ1n) is 14.3. The zero-order valence-corrected chi connectivity index (χ0v) is 26.1. The maximum Gasteiger partial charge on any atom is 0.407 e. The minimum Gasteiger partial charge on any atom is -0.444 e. The van der Waals surface area contributed by atoms with Crippen molar-refractivity contribution >= 4 is 29.3 Å². The Morgan fingerprint density at radius 1 is 1.02 bits per heavy atom. The van der Waals surface area contributed by atoms with Crippen LogP contribution in [0.3, 0.4) is 0 Å². The summed E-state index contributed by atoms with van der Waals surface area (Å²) in [6, 6.07) is 11.4. The van der Waals surface area contributed by atoms with Gasteiger partial charge >= 0.3 is 6.09 Å². The monoisotopic (exact) mass is 592 g/mol. The maximum atomic E-state index is 12.5. The molecule has 0 spiro atoms. The summed E-state index contributed by atoms with van der Waals surface area (Å²) >= 11 is 0. The molecule has 1 amide bonds. The molecule has 0 bridgehead atoms. The van der Waals surface area contributed by atoms with Crippen molar-refractivity contribution in [2.75, 3.05) is 37.3 Å². The number of nitrogens with one attached hydrogen (secondary N) is 3. The van der Waals surface area contributed by atoms with Gasteiger partial charge in [0.2, 0.25) is 5.95 Å². The number of aliphatic hydroxyl groups is 1. The molecule has 0 unspecified atom stereocenters. The van der Waals surface area contributed by atoms with Gasteiger partial charge in [-0.15, -0.1) is 0 Å². The van der Waals surface area contributed by atoms with Gasteiger partial charge in [0.05, 0.1) is 6.54 Å². The Morgan fingerprint density at radius 3 is 2.51 bits per heavy atom. The number of likely N-dealkylation sites (N-methyl/N-ethyl adjacent to an activating group) is 1. The number of alkyl carbamates (subject to hydrolysis) is 1. The van der Waals surface area contributed by atoms with Crippen molar-refractivity contribution in [2.45, 2.75) is 66.2 Å². The molecule has 2 heterocycles. The van der Waals surface area contributed by atoms with E-state index in [1.54, 1.807) is 12.3 Å². The summed E-state index contributed by atoms with van der Waals surface area (Å²) in [5.74, 6) is 1.28. The van der Waals surface area contributed by atoms with E-state index in [9.17, 15) is 14.7 Å². The molecule has 0 radical (unpaired) electrons. The summed E-state index contributed by atoms with van der Waals surface area (Å²) < 4.78 is 5.23. The van der Waals surface area contributed by atoms with Crippen LogP contribution < -0.4 is 16.0 Å². The summed E-state index contributed by atoms with van der Waals surface area (Å²) in [5.41, 5.74) is 1.85. The van der Waals surface area contributed by atoms with Gasteiger partial charge in [0, 0.05) is 37.1 Å². The molecule has 0 fully saturated rings. The van der Waals surface area contributed by atoms with E-state index < -0.39 is 17.8 Å². The van der Waals surface area contributed by atoms with Crippen molar-refractivity contribution in [3.8, 4) is 11.4 Å². The second-order valence-electron chi connectivity index (χ2n) is 12.7. The largest absolute Gasteiger partial charge is 0.444 e. The topological polar surface area (TPSA) is 154 Å². The van der Waals surface area contributed by atoms with Crippen LogP contribution in [-0.4, -0.2) is 80.2 Å². The van der Waals surface area contributed by atoms with Crippen LogP contribution in [0.1, 0.15) is 53.5 Å². The van der Waals surface area contributed by atoms with Crippen LogP contribution in [-0.2, 0) is 16.1 Å². The fourth-order valence-electron chi connectivity index (χ4n) is 4.14. The molecule has 0 saturated heterocycles. The highest BCUT2D eigenvalue weighted by Crippen LogP contribution is 2.22. The lowest BCUT2D eigenvalue weighted by molar-refractivity contribution is -0.129. The average molecular weight is 593 g/mol. The van der Waals surface area contributed by atoms with Gasteiger partial charge in [-0.1, -0.05) is 32.9 Å². The van der Waals surface area contributed by atoms with E-state index in [4.69, 9.17) is 4.74 Å². The number of hydrogen-bond donors (Lipinski definition) is 4. The minimum absolute atomic E-state index is 0.124. The minimum atomic E-state index is -0.970. The molecule has 43 heavy (non-hydrogen) atoms. The number of hydrogen-bond acceptors (Lipinski definition) is 11. The van der Waals surface area contributed by atoms with Crippen LogP contribution in [0.2, 0.25) is 0 Å². The van der Waals surface area contributed by atoms with Gasteiger partial charge in [0.25, 0.3) is 0 Å². The van der Waals surface area contributed by atoms with Gasteiger partial charge < -0.3 is 25.8 Å². The smallest absolute Gasteiger partial charge is 0.407 e. The molecule has 0 aliphatic rings. The van der Waals surface area contributed by atoms with Crippen molar-refractivity contribution in [1.82, 2.24) is 30.2 Å². The van der Waals surface area contributed by atoms with Crippen molar-refractivity contribution < 1.29 is 19.4 Å². The molecule has 3 rings (SSSR count). The summed E-state index contributed by atoms with van der Waals surface area (Å²) in [5, 5.41) is 19.4. The Labute approximate surface area is 253 Å². The van der Waals surface area contributed by atoms with Crippen molar-refractivity contribution in [2.24, 2.45) is 5.41 Å². The van der Waals surface area contributed by atoms with Crippen LogP contribution in [0.15, 0.2) is 48.9 Å². The number of Topliss-reactive ketones (excluding diaryl/α,β-unsaturated/α-hetero) is 1. The first-order valence-corrected chi connectivity index (χ1v) is 14.3. The summed E-state index contributed by atoms with van der Waals surface area (Å²) in [6.45, 7) is 13.0. The number of ether oxygens (including phenoxy) is 1. The molecule has 0 aliphatic carbocycles. The number of carbonyl (C=O) groups is 2. The first-order chi connectivity index (χ1) is 20.2. The van der Waals surface area contributed by atoms with Gasteiger partial charge in [0.1, 0.15) is 23.9 Å². The van der Waals surface area contributed by atoms with Gasteiger partial charge in [-0.25, -0.2) is 19.7 Å². The van der Waals surface area contributed by atoms with Crippen molar-refractivity contribution in [3.05, 3.63) is 54.5 Å². The van der Waals surface area contributed by atoms with Crippen LogP contribution in [0.25, 0.3) is 11.4 Å². The molecule has 1 aromatic carbocycles. The molecule has 1 atom stereocenters. The predicted octanol–water partition coefficient (Wildman–Crippen LogP) is 4.41. The van der Waals surface area contributed by atoms with Crippen LogP contribution in [0, 0.1) is 5.41 Å². The lowest BCUT2D eigenvalue weighted by Gasteiger charge is -2.23. The lowest BCUT2D eigenvalue weighted by Crippen LogP contribution is -2.35. The normalized spacial score (nSPS) is 12.5. The highest BCUT2D eigenvalue weighted by atomic mass is 16.6. The van der Waals surface area contributed by atoms with E-state index in [1.165, 1.54) is 6.33 Å². The fourth-order valence-corrected chi connectivity index (χ4v) is 4.14. The third-order valence-electron chi connectivity index (χ3n) is 5.93. The zero-order valence-electron chi connectivity index (χ0n) is 26.1. The third kappa shape index (κ3) is 12.3. The van der Waals surface area contributed by atoms with E-state index in [0.29, 0.717) is 43.6 Å². The number of amides is 1. The lowest BCUT2D eigenvalue weighted by atomic mass is 9.88. The average Bonchev–Trinajstić information content (AvgIpc) is 2.89. The second kappa shape index (κ2) is 14.8. The van der Waals surface area contributed by atoms with Gasteiger partial charge in [-0.3, -0.25) is 9.69 Å². The number of aromatic nitrogens is 4. The van der Waals surface area contributed by atoms with Crippen molar-refractivity contribution in [1.29, 1.82) is 0 Å². The molecule has 232 valence electrons. The summed E-state index contributed by atoms with van der Waals surface area (Å²) in [6.07, 6.45) is 2.08. The number of pyridine rings is 1. The predicted molar refractivity (Wildman–Crippen MR) is 167 cm³/mol. The van der Waals surface area contributed by atoms with E-state index in [2.05, 4.69) is 35.9 Å². The van der Waals surface area contributed by atoms with E-state index in [0.717, 1.165) is 16.8 Å². The van der Waals surface area contributed by atoms with Gasteiger partial charge in [-0.05, 0) is 69.5 Å². The number of carbonyl (C=O) groups excluding carboxylic acids is 2. The number of aliphatic hydroxyl groups excluding tert-OH is 1. The Hall–Kier alpha value is -4.16. The Balaban J connectivity index is 1.57. The van der Waals surface area contributed by atoms with Crippen LogP contribution >= 0.6 is 0 Å². The quantitative estimate of drug-likeness (QED) is 0.209. The molecule has 3 aromatic rings. The molecular formula is C31H44N8O4. The fraction of sp³-hybridized carbons (Fsp3) is 0.484. The highest BCUT2D eigenvalue weighted by molar-refractivity contribution is 5.84. The molecular weight excluding hydrogens is 548 g/mol. The SMILES string of the molecule is CN(CC(=O)[C@@H](O)CC(C)(C)C)Cc1cccc(Nc2ncnc(-c3ccnc(NCCNC(=O)OC(C)(C)C)c3)n2)c1. The van der Waals surface area contributed by atoms with E-state index in [1.807, 2.05) is 83.8 Å². The van der Waals surface area contributed by atoms with Crippen LogP contribution in [0.4, 0.5) is 22.2 Å². The first kappa shape index (κ1) is 33.3. The summed E-state index contributed by atoms with van der Waals surface area (Å²) in [4.78, 5) is 43.6. The van der Waals surface area contributed by atoms with E-state index in [-0.39, 0.29) is 17.7 Å². The van der Waals surface area contributed by atoms with E-state index >= 15 is 0 Å². The Bertz CT molecular complexity index is 1370. The van der Waals surface area contributed by atoms with Gasteiger partial charge in [0.15, 0.2) is 11.6 Å². The number of benzene rings is 1. The van der Waals surface area contributed by atoms with Gasteiger partial charge in [-0.2, -0.15) is 4.98 Å². The number of ketones is 1. The Morgan fingerprint density at radius 2 is 1.79 bits per heavy atom. The molecule has 0 aliphatic heterocycles. The maximum absolute atomic E-state index is 12.5. The van der Waals surface area contributed by atoms with Crippen molar-refractivity contribution in [3.63, 3.8) is 0 Å². The standard InChI is InChI=1S/C31H44N8O4/c1-30(2,3)17-24(40)25(41)19-39(7)18-21-9-8-10-23(15-21)37-28-36-20-35-27(38-28)22-11-12-32-26(16-22)33-13-14-34-29(42)43-31(4,5)6/h8-12,15-16,20,24,40H,13-14,17-19H2,1-7H3,(H,32,33)(H,34,42)(H,35,36,37,38)/t24-/m0/s1. The Kier molecular flexibility index (Phi) is 11.5. The third-order valence-corrected chi connectivity index (χ3v) is 5.93. The molecule has 2 aromatic heterocycles. The number of rotatable bonds is 13. The molecule has 4 N–H and O–H groups in total. The number of nitrogens with zero attached hydrogens (tertiary/aromatic N) is 5. The number of anilines is 3. The second-order valence-corrected chi connectivity index (χ2v) is 12.7. The highest BCUT2D eigenvalue weighted by Gasteiger charge is 2.23. The zero-order chi connectivity index (χ0) is 31.6. The van der Waals surface area contributed by atoms with Crippen LogP contribution in [0.5, 0.6) is 0 Å². The molecule has 12 heteroatoms.